The van der Waals surface area contributed by atoms with Crippen molar-refractivity contribution in [1.29, 1.82) is 0 Å². The highest BCUT2D eigenvalue weighted by Crippen LogP contribution is 2.22. The number of aromatic nitrogens is 2. The van der Waals surface area contributed by atoms with Crippen LogP contribution in [0.15, 0.2) is 21.6 Å². The maximum atomic E-state index is 12.3. The first-order valence-corrected chi connectivity index (χ1v) is 8.14. The van der Waals surface area contributed by atoms with Gasteiger partial charge in [0.2, 0.25) is 5.09 Å². The zero-order valence-electron chi connectivity index (χ0n) is 12.5. The molecule has 0 unspecified atom stereocenters. The van der Waals surface area contributed by atoms with Gasteiger partial charge in [0.1, 0.15) is 5.76 Å². The minimum absolute atomic E-state index is 0.108. The summed E-state index contributed by atoms with van der Waals surface area (Å²) >= 11 is 0. The van der Waals surface area contributed by atoms with E-state index in [2.05, 4.69) is 20.2 Å². The quantitative estimate of drug-likeness (QED) is 0.756. The van der Waals surface area contributed by atoms with Crippen LogP contribution in [0.4, 0.5) is 5.69 Å². The molecule has 0 atom stereocenters. The number of nitrogens with zero attached hydrogens (tertiary/aromatic N) is 1. The molecule has 8 heteroatoms. The summed E-state index contributed by atoms with van der Waals surface area (Å²) in [6.07, 6.45) is 0. The summed E-state index contributed by atoms with van der Waals surface area (Å²) in [7, 11) is -3.75. The lowest BCUT2D eigenvalue weighted by atomic mass is 10.3. The summed E-state index contributed by atoms with van der Waals surface area (Å²) in [6, 6.07) is 3.40. The lowest BCUT2D eigenvalue weighted by Gasteiger charge is -2.06. The molecule has 0 aliphatic rings. The SMILES string of the molecule is Cc1n[nH]c(C)c1NS(=O)(=O)c1ccc(CNC(C)C)o1. The van der Waals surface area contributed by atoms with E-state index in [4.69, 9.17) is 4.42 Å². The van der Waals surface area contributed by atoms with Gasteiger partial charge in [-0.1, -0.05) is 13.8 Å². The number of H-pyrrole nitrogens is 1. The van der Waals surface area contributed by atoms with Gasteiger partial charge in [0.15, 0.2) is 0 Å². The number of rotatable bonds is 6. The van der Waals surface area contributed by atoms with E-state index in [9.17, 15) is 8.42 Å². The van der Waals surface area contributed by atoms with Crippen molar-refractivity contribution in [2.45, 2.75) is 45.4 Å². The van der Waals surface area contributed by atoms with Gasteiger partial charge in [-0.2, -0.15) is 13.5 Å². The van der Waals surface area contributed by atoms with Crippen LogP contribution in [-0.4, -0.2) is 24.7 Å². The third-order valence-electron chi connectivity index (χ3n) is 2.95. The highest BCUT2D eigenvalue weighted by molar-refractivity contribution is 7.92. The second-order valence-electron chi connectivity index (χ2n) is 5.17. The number of aromatic amines is 1. The number of sulfonamides is 1. The number of hydrogen-bond acceptors (Lipinski definition) is 5. The van der Waals surface area contributed by atoms with Gasteiger partial charge in [-0.25, -0.2) is 0 Å². The average molecular weight is 312 g/mol. The molecule has 0 bridgehead atoms. The lowest BCUT2D eigenvalue weighted by Crippen LogP contribution is -2.21. The summed E-state index contributed by atoms with van der Waals surface area (Å²) in [5.74, 6) is 0.574. The average Bonchev–Trinajstić information content (AvgIpc) is 2.99. The second-order valence-corrected chi connectivity index (χ2v) is 6.78. The van der Waals surface area contributed by atoms with Crippen molar-refractivity contribution in [2.24, 2.45) is 0 Å². The Labute approximate surface area is 124 Å². The van der Waals surface area contributed by atoms with Crippen LogP contribution < -0.4 is 10.0 Å². The summed E-state index contributed by atoms with van der Waals surface area (Å²) in [6.45, 7) is 7.97. The minimum Gasteiger partial charge on any atom is -0.446 e. The Morgan fingerprint density at radius 3 is 2.62 bits per heavy atom. The van der Waals surface area contributed by atoms with Gasteiger partial charge in [0.25, 0.3) is 10.0 Å². The molecule has 0 saturated carbocycles. The molecule has 0 spiro atoms. The number of anilines is 1. The predicted molar refractivity (Wildman–Crippen MR) is 79.6 cm³/mol. The highest BCUT2D eigenvalue weighted by Gasteiger charge is 2.21. The molecule has 21 heavy (non-hydrogen) atoms. The summed E-state index contributed by atoms with van der Waals surface area (Å²) in [4.78, 5) is 0. The van der Waals surface area contributed by atoms with E-state index in [1.165, 1.54) is 6.07 Å². The first-order valence-electron chi connectivity index (χ1n) is 6.66. The molecule has 116 valence electrons. The van der Waals surface area contributed by atoms with Crippen LogP contribution in [0.3, 0.4) is 0 Å². The minimum atomic E-state index is -3.75. The molecule has 2 aromatic rings. The standard InChI is InChI=1S/C13H20N4O3S/c1-8(2)14-7-11-5-6-12(20-11)21(18,19)17-13-9(3)15-16-10(13)4/h5-6,8,14,17H,7H2,1-4H3,(H,15,16). The third kappa shape index (κ3) is 3.64. The number of nitrogens with one attached hydrogen (secondary N) is 3. The van der Waals surface area contributed by atoms with Gasteiger partial charge in [-0.05, 0) is 26.0 Å². The maximum Gasteiger partial charge on any atom is 0.295 e. The molecule has 2 heterocycles. The molecule has 2 rings (SSSR count). The Bertz CT molecular complexity index is 696. The normalized spacial score (nSPS) is 12.0. The van der Waals surface area contributed by atoms with Crippen LogP contribution in [0.25, 0.3) is 0 Å². The molecular weight excluding hydrogens is 292 g/mol. The van der Waals surface area contributed by atoms with Crippen molar-refractivity contribution in [1.82, 2.24) is 15.5 Å². The number of aryl methyl sites for hydroxylation is 2. The van der Waals surface area contributed by atoms with E-state index in [1.54, 1.807) is 19.9 Å². The second kappa shape index (κ2) is 5.90. The molecule has 7 nitrogen and oxygen atoms in total. The van der Waals surface area contributed by atoms with Gasteiger partial charge >= 0.3 is 0 Å². The zero-order valence-corrected chi connectivity index (χ0v) is 13.3. The van der Waals surface area contributed by atoms with E-state index in [-0.39, 0.29) is 5.09 Å². The topological polar surface area (TPSA) is 100 Å². The fraction of sp³-hybridized carbons (Fsp3) is 0.462. The summed E-state index contributed by atoms with van der Waals surface area (Å²) < 4.78 is 32.5. The van der Waals surface area contributed by atoms with Crippen LogP contribution in [-0.2, 0) is 16.6 Å². The Hall–Kier alpha value is -1.80. The van der Waals surface area contributed by atoms with Crippen molar-refractivity contribution in [3.8, 4) is 0 Å². The van der Waals surface area contributed by atoms with Crippen molar-refractivity contribution >= 4 is 15.7 Å². The molecule has 3 N–H and O–H groups in total. The summed E-state index contributed by atoms with van der Waals surface area (Å²) in [5.41, 5.74) is 1.70. The van der Waals surface area contributed by atoms with Gasteiger partial charge in [-0.15, -0.1) is 0 Å². The summed E-state index contributed by atoms with van der Waals surface area (Å²) in [5, 5.41) is 9.74. The third-order valence-corrected chi connectivity index (χ3v) is 4.17. The lowest BCUT2D eigenvalue weighted by molar-refractivity contribution is 0.396. The molecule has 0 aliphatic heterocycles. The molecule has 0 fully saturated rings. The van der Waals surface area contributed by atoms with Crippen LogP contribution in [0, 0.1) is 13.8 Å². The largest absolute Gasteiger partial charge is 0.446 e. The van der Waals surface area contributed by atoms with Crippen molar-refractivity contribution in [2.75, 3.05) is 4.72 Å². The van der Waals surface area contributed by atoms with Crippen molar-refractivity contribution in [3.05, 3.63) is 29.3 Å². The predicted octanol–water partition coefficient (Wildman–Crippen LogP) is 1.92. The Balaban J connectivity index is 2.17. The molecule has 0 aliphatic carbocycles. The van der Waals surface area contributed by atoms with Gasteiger partial charge in [-0.3, -0.25) is 9.82 Å². The highest BCUT2D eigenvalue weighted by atomic mass is 32.2. The van der Waals surface area contributed by atoms with E-state index in [0.717, 1.165) is 0 Å². The number of furan rings is 1. The first-order chi connectivity index (χ1) is 9.79. The molecule has 0 saturated heterocycles. The van der Waals surface area contributed by atoms with Gasteiger partial charge < -0.3 is 9.73 Å². The molecule has 0 aromatic carbocycles. The smallest absolute Gasteiger partial charge is 0.295 e. The van der Waals surface area contributed by atoms with Crippen LogP contribution in [0.2, 0.25) is 0 Å². The zero-order chi connectivity index (χ0) is 15.6. The van der Waals surface area contributed by atoms with Crippen LogP contribution in [0.1, 0.15) is 31.0 Å². The Kier molecular flexibility index (Phi) is 4.38. The number of hydrogen-bond donors (Lipinski definition) is 3. The van der Waals surface area contributed by atoms with Crippen molar-refractivity contribution in [3.63, 3.8) is 0 Å². The van der Waals surface area contributed by atoms with Gasteiger partial charge in [0.05, 0.1) is 23.6 Å². The maximum absolute atomic E-state index is 12.3. The van der Waals surface area contributed by atoms with Gasteiger partial charge in [0, 0.05) is 6.04 Å². The Morgan fingerprint density at radius 2 is 2.05 bits per heavy atom. The Morgan fingerprint density at radius 1 is 1.33 bits per heavy atom. The van der Waals surface area contributed by atoms with E-state index < -0.39 is 10.0 Å². The monoisotopic (exact) mass is 312 g/mol. The van der Waals surface area contributed by atoms with Crippen LogP contribution in [0.5, 0.6) is 0 Å². The van der Waals surface area contributed by atoms with E-state index >= 15 is 0 Å². The van der Waals surface area contributed by atoms with E-state index in [0.29, 0.717) is 35.4 Å². The molecular formula is C13H20N4O3S. The fourth-order valence-corrected chi connectivity index (χ4v) is 2.92. The van der Waals surface area contributed by atoms with Crippen molar-refractivity contribution < 1.29 is 12.8 Å². The fourth-order valence-electron chi connectivity index (χ4n) is 1.79. The molecule has 0 radical (unpaired) electrons. The van der Waals surface area contributed by atoms with E-state index in [1.807, 2.05) is 13.8 Å². The first kappa shape index (κ1) is 15.6. The van der Waals surface area contributed by atoms with Crippen LogP contribution >= 0.6 is 0 Å². The molecule has 0 amide bonds. The molecule has 2 aromatic heterocycles.